The van der Waals surface area contributed by atoms with Gasteiger partial charge in [0.1, 0.15) is 6.61 Å². The van der Waals surface area contributed by atoms with E-state index in [4.69, 9.17) is 16.3 Å². The van der Waals surface area contributed by atoms with E-state index in [0.29, 0.717) is 0 Å². The van der Waals surface area contributed by atoms with E-state index in [-0.39, 0.29) is 19.1 Å². The maximum Gasteiger partial charge on any atom is 0.410 e. The van der Waals surface area contributed by atoms with Crippen LogP contribution in [0, 0.1) is 0 Å². The molecule has 1 atom stereocenters. The molecular formula is C13H16ClNO3. The molecule has 5 heteroatoms. The van der Waals surface area contributed by atoms with Crippen LogP contribution in [0.4, 0.5) is 4.79 Å². The Labute approximate surface area is 111 Å². The Balaban J connectivity index is 2.43. The van der Waals surface area contributed by atoms with E-state index in [1.54, 1.807) is 14.0 Å². The first-order valence-corrected chi connectivity index (χ1v) is 6.00. The van der Waals surface area contributed by atoms with E-state index in [1.165, 1.54) is 4.90 Å². The molecule has 0 aliphatic heterocycles. The Morgan fingerprint density at radius 3 is 2.50 bits per heavy atom. The lowest BCUT2D eigenvalue weighted by molar-refractivity contribution is -0.112. The first kappa shape index (κ1) is 14.5. The van der Waals surface area contributed by atoms with Gasteiger partial charge in [-0.15, -0.1) is 0 Å². The van der Waals surface area contributed by atoms with E-state index in [2.05, 4.69) is 0 Å². The van der Waals surface area contributed by atoms with Crippen LogP contribution in [-0.2, 0) is 16.1 Å². The first-order valence-electron chi connectivity index (χ1n) is 5.62. The number of hydrogen-bond acceptors (Lipinski definition) is 3. The van der Waals surface area contributed by atoms with Crippen LogP contribution < -0.4 is 0 Å². The maximum atomic E-state index is 11.7. The van der Waals surface area contributed by atoms with Gasteiger partial charge in [-0.1, -0.05) is 30.3 Å². The zero-order chi connectivity index (χ0) is 13.5. The monoisotopic (exact) mass is 269 g/mol. The van der Waals surface area contributed by atoms with Crippen molar-refractivity contribution in [3.8, 4) is 0 Å². The second kappa shape index (κ2) is 7.01. The third-order valence-electron chi connectivity index (χ3n) is 2.61. The summed E-state index contributed by atoms with van der Waals surface area (Å²) in [6.07, 6.45) is -0.359. The normalized spacial score (nSPS) is 11.7. The highest BCUT2D eigenvalue weighted by atomic mass is 35.5. The Hall–Kier alpha value is -1.55. The van der Waals surface area contributed by atoms with Crippen molar-refractivity contribution in [2.75, 3.05) is 7.05 Å². The molecule has 0 radical (unpaired) electrons. The van der Waals surface area contributed by atoms with Crippen LogP contribution in [0.5, 0.6) is 0 Å². The van der Waals surface area contributed by atoms with Gasteiger partial charge in [-0.05, 0) is 24.1 Å². The van der Waals surface area contributed by atoms with Gasteiger partial charge >= 0.3 is 6.09 Å². The number of benzene rings is 1. The predicted octanol–water partition coefficient (Wildman–Crippen LogP) is 2.80. The second-order valence-corrected chi connectivity index (χ2v) is 4.48. The van der Waals surface area contributed by atoms with Crippen LogP contribution in [0.15, 0.2) is 30.3 Å². The number of carbonyl (C=O) groups excluding carboxylic acids is 2. The van der Waals surface area contributed by atoms with Crippen LogP contribution in [-0.4, -0.2) is 29.3 Å². The lowest BCUT2D eigenvalue weighted by Crippen LogP contribution is -2.36. The summed E-state index contributed by atoms with van der Waals surface area (Å²) in [5, 5.41) is -0.467. The zero-order valence-electron chi connectivity index (χ0n) is 10.4. The standard InChI is InChI=1S/C13H16ClNO3/c1-10(8-12(14)16)15(2)13(17)18-9-11-6-4-3-5-7-11/h3-7,10H,8-9H2,1-2H3. The van der Waals surface area contributed by atoms with E-state index in [0.717, 1.165) is 5.56 Å². The molecule has 1 amide bonds. The molecule has 0 aliphatic rings. The molecule has 0 aromatic heterocycles. The van der Waals surface area contributed by atoms with Crippen LogP contribution in [0.3, 0.4) is 0 Å². The highest BCUT2D eigenvalue weighted by Gasteiger charge is 2.18. The van der Waals surface area contributed by atoms with Crippen molar-refractivity contribution in [2.24, 2.45) is 0 Å². The SMILES string of the molecule is CC(CC(=O)Cl)N(C)C(=O)OCc1ccccc1. The van der Waals surface area contributed by atoms with Gasteiger partial charge in [0, 0.05) is 19.5 Å². The molecule has 98 valence electrons. The number of amides is 1. The molecule has 4 nitrogen and oxygen atoms in total. The molecule has 0 saturated carbocycles. The lowest BCUT2D eigenvalue weighted by Gasteiger charge is -2.23. The van der Waals surface area contributed by atoms with Gasteiger partial charge in [0.25, 0.3) is 0 Å². The molecule has 1 aromatic rings. The van der Waals surface area contributed by atoms with E-state index in [1.807, 2.05) is 30.3 Å². The third-order valence-corrected chi connectivity index (χ3v) is 2.76. The summed E-state index contributed by atoms with van der Waals surface area (Å²) >= 11 is 5.28. The Kier molecular flexibility index (Phi) is 5.65. The molecule has 1 unspecified atom stereocenters. The second-order valence-electron chi connectivity index (χ2n) is 4.06. The molecule has 0 saturated heterocycles. The predicted molar refractivity (Wildman–Crippen MR) is 69.3 cm³/mol. The Bertz CT molecular complexity index is 408. The first-order chi connectivity index (χ1) is 8.50. The minimum absolute atomic E-state index is 0.110. The fraction of sp³-hybridized carbons (Fsp3) is 0.385. The average Bonchev–Trinajstić information content (AvgIpc) is 2.35. The van der Waals surface area contributed by atoms with Crippen molar-refractivity contribution >= 4 is 22.9 Å². The summed E-state index contributed by atoms with van der Waals surface area (Å²) in [6, 6.07) is 9.12. The van der Waals surface area contributed by atoms with Gasteiger partial charge in [-0.2, -0.15) is 0 Å². The lowest BCUT2D eigenvalue weighted by atomic mass is 10.2. The van der Waals surface area contributed by atoms with Crippen molar-refractivity contribution < 1.29 is 14.3 Å². The average molecular weight is 270 g/mol. The quantitative estimate of drug-likeness (QED) is 0.772. The highest BCUT2D eigenvalue weighted by molar-refractivity contribution is 6.63. The zero-order valence-corrected chi connectivity index (χ0v) is 11.2. The van der Waals surface area contributed by atoms with Crippen molar-refractivity contribution in [1.82, 2.24) is 4.90 Å². The number of halogens is 1. The van der Waals surface area contributed by atoms with Crippen LogP contribution in [0.1, 0.15) is 18.9 Å². The number of hydrogen-bond donors (Lipinski definition) is 0. The van der Waals surface area contributed by atoms with Crippen LogP contribution >= 0.6 is 11.6 Å². The fourth-order valence-corrected chi connectivity index (χ4v) is 1.59. The molecular weight excluding hydrogens is 254 g/mol. The highest BCUT2D eigenvalue weighted by Crippen LogP contribution is 2.08. The van der Waals surface area contributed by atoms with Crippen molar-refractivity contribution in [2.45, 2.75) is 26.0 Å². The van der Waals surface area contributed by atoms with Gasteiger partial charge in [0.2, 0.25) is 5.24 Å². The van der Waals surface area contributed by atoms with Crippen molar-refractivity contribution in [1.29, 1.82) is 0 Å². The third kappa shape index (κ3) is 4.75. The maximum absolute atomic E-state index is 11.7. The Morgan fingerprint density at radius 2 is 1.94 bits per heavy atom. The minimum Gasteiger partial charge on any atom is -0.445 e. The summed E-state index contributed by atoms with van der Waals surface area (Å²) in [4.78, 5) is 23.8. The summed E-state index contributed by atoms with van der Waals surface area (Å²) in [5.74, 6) is 0. The molecule has 18 heavy (non-hydrogen) atoms. The van der Waals surface area contributed by atoms with Crippen LogP contribution in [0.2, 0.25) is 0 Å². The van der Waals surface area contributed by atoms with E-state index >= 15 is 0 Å². The fourth-order valence-electron chi connectivity index (χ4n) is 1.37. The van der Waals surface area contributed by atoms with Gasteiger partial charge in [-0.25, -0.2) is 4.79 Å². The molecule has 0 aliphatic carbocycles. The summed E-state index contributed by atoms with van der Waals surface area (Å²) < 4.78 is 5.13. The topological polar surface area (TPSA) is 46.6 Å². The summed E-state index contributed by atoms with van der Waals surface area (Å²) in [7, 11) is 1.58. The summed E-state index contributed by atoms with van der Waals surface area (Å²) in [6.45, 7) is 1.95. The number of carbonyl (C=O) groups is 2. The van der Waals surface area contributed by atoms with Gasteiger partial charge in [0.05, 0.1) is 0 Å². The smallest absolute Gasteiger partial charge is 0.410 e. The number of nitrogens with zero attached hydrogens (tertiary/aromatic N) is 1. The number of rotatable bonds is 5. The minimum atomic E-state index is -0.468. The van der Waals surface area contributed by atoms with Gasteiger partial charge in [0.15, 0.2) is 0 Å². The van der Waals surface area contributed by atoms with E-state index < -0.39 is 11.3 Å². The van der Waals surface area contributed by atoms with Crippen molar-refractivity contribution in [3.05, 3.63) is 35.9 Å². The molecule has 1 aromatic carbocycles. The van der Waals surface area contributed by atoms with Crippen molar-refractivity contribution in [3.63, 3.8) is 0 Å². The largest absolute Gasteiger partial charge is 0.445 e. The number of ether oxygens (including phenoxy) is 1. The van der Waals surface area contributed by atoms with E-state index in [9.17, 15) is 9.59 Å². The molecule has 0 bridgehead atoms. The van der Waals surface area contributed by atoms with Gasteiger partial charge in [-0.3, -0.25) is 4.79 Å². The summed E-state index contributed by atoms with van der Waals surface area (Å²) in [5.41, 5.74) is 0.917. The Morgan fingerprint density at radius 1 is 1.33 bits per heavy atom. The molecule has 0 fully saturated rings. The van der Waals surface area contributed by atoms with Crippen LogP contribution in [0.25, 0.3) is 0 Å². The van der Waals surface area contributed by atoms with Gasteiger partial charge < -0.3 is 9.64 Å². The molecule has 1 rings (SSSR count). The molecule has 0 N–H and O–H groups in total. The molecule has 0 spiro atoms. The molecule has 0 heterocycles.